The fraction of sp³-hybridized carbons (Fsp3) is 0.370. The zero-order chi connectivity index (χ0) is 40.9. The Labute approximate surface area is 348 Å². The van der Waals surface area contributed by atoms with E-state index in [1.54, 1.807) is 37.2 Å². The summed E-state index contributed by atoms with van der Waals surface area (Å²) in [5, 5.41) is 1.01. The maximum atomic E-state index is 16.5. The molecule has 1 aliphatic heterocycles. The minimum atomic E-state index is -0.723. The zero-order valence-corrected chi connectivity index (χ0v) is 36.3. The van der Waals surface area contributed by atoms with Gasteiger partial charge in [0.15, 0.2) is 5.84 Å². The summed E-state index contributed by atoms with van der Waals surface area (Å²) in [5.41, 5.74) is 11.4. The van der Waals surface area contributed by atoms with Gasteiger partial charge in [-0.05, 0) is 121 Å². The van der Waals surface area contributed by atoms with Gasteiger partial charge in [-0.2, -0.15) is 11.8 Å². The molecule has 2 N–H and O–H groups in total. The quantitative estimate of drug-likeness (QED) is 0.172. The SMILES string of the molecule is CN=C1N=C(N)[C@@](C)(c2cccc(CC(C)C(=O)OC)c2)CCCC(C)(C)CSCCc2c(c(F)cc3c2ccn3Sc2ccc(C)cc2)Sc2ccc(F)c1c2. The van der Waals surface area contributed by atoms with Crippen molar-refractivity contribution in [3.63, 3.8) is 0 Å². The number of nitrogens with two attached hydrogens (primary N) is 1. The van der Waals surface area contributed by atoms with Crippen molar-refractivity contribution < 1.29 is 18.3 Å². The lowest BCUT2D eigenvalue weighted by Crippen LogP contribution is -2.40. The molecule has 0 fully saturated rings. The number of ether oxygens (including phenoxy) is 1. The summed E-state index contributed by atoms with van der Waals surface area (Å²) in [4.78, 5) is 23.9. The van der Waals surface area contributed by atoms with Gasteiger partial charge in [-0.15, -0.1) is 0 Å². The van der Waals surface area contributed by atoms with Crippen LogP contribution >= 0.6 is 35.5 Å². The van der Waals surface area contributed by atoms with E-state index in [2.05, 4.69) is 69.1 Å². The molecule has 0 saturated heterocycles. The van der Waals surface area contributed by atoms with E-state index in [0.717, 1.165) is 56.8 Å². The summed E-state index contributed by atoms with van der Waals surface area (Å²) >= 11 is 4.75. The average molecular weight is 827 g/mol. The van der Waals surface area contributed by atoms with Crippen molar-refractivity contribution in [2.75, 3.05) is 25.7 Å². The topological polar surface area (TPSA) is 82.0 Å². The highest BCUT2D eigenvalue weighted by atomic mass is 32.2. The first-order valence-electron chi connectivity index (χ1n) is 19.3. The van der Waals surface area contributed by atoms with Crippen molar-refractivity contribution in [1.82, 2.24) is 3.97 Å². The van der Waals surface area contributed by atoms with Crippen LogP contribution in [0.3, 0.4) is 0 Å². The number of fused-ring (bicyclic) bond motifs is 5. The molecule has 2 bridgehead atoms. The molecule has 2 atom stereocenters. The van der Waals surface area contributed by atoms with Crippen LogP contribution in [0, 0.1) is 29.9 Å². The van der Waals surface area contributed by atoms with E-state index in [1.165, 1.54) is 30.5 Å². The molecule has 1 aliphatic rings. The van der Waals surface area contributed by atoms with E-state index in [0.29, 0.717) is 34.9 Å². The Hall–Kier alpha value is -4.06. The van der Waals surface area contributed by atoms with Crippen molar-refractivity contribution in [2.24, 2.45) is 27.1 Å². The Balaban J connectivity index is 1.41. The van der Waals surface area contributed by atoms with Gasteiger partial charge in [0.25, 0.3) is 0 Å². The maximum absolute atomic E-state index is 16.5. The largest absolute Gasteiger partial charge is 0.469 e. The van der Waals surface area contributed by atoms with Crippen molar-refractivity contribution in [3.8, 4) is 0 Å². The molecule has 1 aromatic heterocycles. The minimum Gasteiger partial charge on any atom is -0.469 e. The van der Waals surface area contributed by atoms with Crippen LogP contribution in [0.25, 0.3) is 10.9 Å². The molecule has 2 heterocycles. The molecule has 0 aliphatic carbocycles. The molecule has 6 rings (SSSR count). The monoisotopic (exact) mass is 826 g/mol. The summed E-state index contributed by atoms with van der Waals surface area (Å²) in [5.74, 6) is 0.854. The highest BCUT2D eigenvalue weighted by molar-refractivity contribution is 7.99. The number of hydrogen-bond donors (Lipinski definition) is 1. The van der Waals surface area contributed by atoms with Crippen LogP contribution in [0.4, 0.5) is 8.78 Å². The molecule has 57 heavy (non-hydrogen) atoms. The second kappa shape index (κ2) is 18.2. The third-order valence-electron chi connectivity index (χ3n) is 10.8. The van der Waals surface area contributed by atoms with Crippen LogP contribution in [0.15, 0.2) is 110 Å². The van der Waals surface area contributed by atoms with Gasteiger partial charge in [-0.3, -0.25) is 13.8 Å². The van der Waals surface area contributed by atoms with Crippen LogP contribution in [0.2, 0.25) is 0 Å². The van der Waals surface area contributed by atoms with Gasteiger partial charge in [0.2, 0.25) is 0 Å². The number of carbonyl (C=O) groups is 1. The Morgan fingerprint density at radius 2 is 1.81 bits per heavy atom. The first kappa shape index (κ1) is 42.5. The molecule has 5 aromatic rings. The second-order valence-corrected chi connectivity index (χ2v) is 19.2. The van der Waals surface area contributed by atoms with Crippen molar-refractivity contribution in [3.05, 3.63) is 125 Å². The third kappa shape index (κ3) is 9.98. The van der Waals surface area contributed by atoms with Crippen LogP contribution in [0.5, 0.6) is 0 Å². The minimum absolute atomic E-state index is 0.0141. The Morgan fingerprint density at radius 1 is 1.04 bits per heavy atom. The fourth-order valence-corrected chi connectivity index (χ4v) is 10.5. The molecule has 0 spiro atoms. The molecule has 11 heteroatoms. The van der Waals surface area contributed by atoms with Gasteiger partial charge in [0.1, 0.15) is 17.5 Å². The number of rotatable bonds is 6. The Bertz CT molecular complexity index is 2300. The number of thioether (sulfide) groups is 1. The number of esters is 1. The first-order chi connectivity index (χ1) is 27.2. The normalized spacial score (nSPS) is 19.3. The molecule has 0 radical (unpaired) electrons. The van der Waals surface area contributed by atoms with Crippen LogP contribution in [0.1, 0.15) is 74.8 Å². The Morgan fingerprint density at radius 3 is 2.54 bits per heavy atom. The number of aromatic nitrogens is 1. The lowest BCUT2D eigenvalue weighted by atomic mass is 9.74. The van der Waals surface area contributed by atoms with E-state index in [4.69, 9.17) is 15.5 Å². The molecule has 0 saturated carbocycles. The van der Waals surface area contributed by atoms with Crippen molar-refractivity contribution >= 4 is 64.0 Å². The highest BCUT2D eigenvalue weighted by Crippen LogP contribution is 2.41. The number of benzene rings is 4. The third-order valence-corrected chi connectivity index (χ3v) is 14.4. The van der Waals surface area contributed by atoms with Gasteiger partial charge < -0.3 is 10.5 Å². The number of nitrogens with zero attached hydrogens (tertiary/aromatic N) is 3. The van der Waals surface area contributed by atoms with Crippen LogP contribution in [-0.4, -0.2) is 47.3 Å². The molecule has 0 amide bonds. The average Bonchev–Trinajstić information content (AvgIpc) is 3.58. The van der Waals surface area contributed by atoms with Gasteiger partial charge in [0, 0.05) is 39.9 Å². The van der Waals surface area contributed by atoms with Crippen molar-refractivity contribution in [1.29, 1.82) is 0 Å². The molecule has 300 valence electrons. The number of aryl methyl sites for hydroxylation is 2. The van der Waals surface area contributed by atoms with Gasteiger partial charge >= 0.3 is 5.97 Å². The lowest BCUT2D eigenvalue weighted by molar-refractivity contribution is -0.144. The molecular formula is C46H52F2N4O2S3. The van der Waals surface area contributed by atoms with E-state index < -0.39 is 11.2 Å². The summed E-state index contributed by atoms with van der Waals surface area (Å²) in [6.45, 7) is 10.6. The van der Waals surface area contributed by atoms with Crippen molar-refractivity contribution in [2.45, 2.75) is 86.8 Å². The summed E-state index contributed by atoms with van der Waals surface area (Å²) in [7, 11) is 2.98. The van der Waals surface area contributed by atoms with Crippen LogP contribution < -0.4 is 5.73 Å². The van der Waals surface area contributed by atoms with E-state index >= 15 is 8.78 Å². The van der Waals surface area contributed by atoms with E-state index in [1.807, 2.05) is 47.1 Å². The highest BCUT2D eigenvalue weighted by Gasteiger charge is 2.33. The lowest BCUT2D eigenvalue weighted by Gasteiger charge is -2.32. The number of hydrogen-bond acceptors (Lipinski definition) is 7. The summed E-state index contributed by atoms with van der Waals surface area (Å²) in [6.07, 6.45) is 5.71. The van der Waals surface area contributed by atoms with E-state index in [9.17, 15) is 4.79 Å². The first-order valence-corrected chi connectivity index (χ1v) is 22.1. The molecular weight excluding hydrogens is 775 g/mol. The van der Waals surface area contributed by atoms with Crippen LogP contribution in [-0.2, 0) is 27.8 Å². The Kier molecular flexibility index (Phi) is 13.6. The fourth-order valence-electron chi connectivity index (χ4n) is 7.37. The number of carbonyl (C=O) groups excluding carboxylic acids is 1. The number of aliphatic imine (C=N–C) groups is 2. The number of methoxy groups -OCH3 is 1. The molecule has 4 aromatic carbocycles. The number of halogens is 2. The predicted octanol–water partition coefficient (Wildman–Crippen LogP) is 11.5. The summed E-state index contributed by atoms with van der Waals surface area (Å²) in [6, 6.07) is 24.9. The smallest absolute Gasteiger partial charge is 0.308 e. The zero-order valence-electron chi connectivity index (χ0n) is 33.8. The molecule has 1 unspecified atom stereocenters. The van der Waals surface area contributed by atoms with E-state index in [-0.39, 0.29) is 34.5 Å². The van der Waals surface area contributed by atoms with Gasteiger partial charge in [0.05, 0.1) is 29.0 Å². The molecule has 6 nitrogen and oxygen atoms in total. The standard InChI is InChI=1S/C46H52F2N4O2S3/c1-29-12-14-33(15-13-29)57-52-22-18-35-36-19-23-55-28-45(3,4)20-9-21-46(5,32-11-8-10-31(25-32)24-30(2)43(53)54-7)44(49)51-42(50-6)37-26-34(16-17-38(37)47)56-41(36)39(48)27-40(35)52/h8,10-18,22,25-27,30H,9,19-21,23-24,28H2,1-7H3,(H2,49,50,51)/t30?,46-/m1/s1. The summed E-state index contributed by atoms with van der Waals surface area (Å²) < 4.78 is 39.3. The number of amidine groups is 2. The second-order valence-electron chi connectivity index (χ2n) is 15.9. The van der Waals surface area contributed by atoms with Gasteiger partial charge in [-0.1, -0.05) is 80.9 Å². The predicted molar refractivity (Wildman–Crippen MR) is 236 cm³/mol. The maximum Gasteiger partial charge on any atom is 0.308 e. The van der Waals surface area contributed by atoms with Gasteiger partial charge in [-0.25, -0.2) is 13.8 Å².